The van der Waals surface area contributed by atoms with Crippen LogP contribution in [0.5, 0.6) is 11.5 Å². The normalized spacial score (nSPS) is 10.7. The van der Waals surface area contributed by atoms with Gasteiger partial charge in [-0.05, 0) is 54.6 Å². The zero-order chi connectivity index (χ0) is 19.7. The smallest absolute Gasteiger partial charge is 0.335 e. The van der Waals surface area contributed by atoms with Gasteiger partial charge in [0.2, 0.25) is 0 Å². The standard InChI is InChI=1S/C22H16N2O4/c25-20-7-3-1-5-16(20)18-13-19(17-6-2-4-8-21(17)26)24(23-18)15-11-9-14(10-12-15)22(27)28/h1-13,25-26H,(H,27,28). The molecule has 0 atom stereocenters. The second-order valence-electron chi connectivity index (χ2n) is 6.21. The van der Waals surface area contributed by atoms with E-state index in [-0.39, 0.29) is 17.1 Å². The molecule has 28 heavy (non-hydrogen) atoms. The van der Waals surface area contributed by atoms with Crippen molar-refractivity contribution in [2.24, 2.45) is 0 Å². The van der Waals surface area contributed by atoms with Crippen LogP contribution in [0.2, 0.25) is 0 Å². The summed E-state index contributed by atoms with van der Waals surface area (Å²) < 4.78 is 1.61. The van der Waals surface area contributed by atoms with Crippen LogP contribution in [0.1, 0.15) is 10.4 Å². The van der Waals surface area contributed by atoms with Gasteiger partial charge in [-0.2, -0.15) is 5.10 Å². The SMILES string of the molecule is O=C(O)c1ccc(-n2nc(-c3ccccc3O)cc2-c2ccccc2O)cc1. The Labute approximate surface area is 160 Å². The molecule has 0 spiro atoms. The minimum Gasteiger partial charge on any atom is -0.507 e. The number of aromatic carboxylic acids is 1. The highest BCUT2D eigenvalue weighted by molar-refractivity contribution is 5.87. The molecule has 0 aliphatic carbocycles. The van der Waals surface area contributed by atoms with Crippen LogP contribution in [-0.2, 0) is 0 Å². The van der Waals surface area contributed by atoms with E-state index in [1.165, 1.54) is 12.1 Å². The maximum atomic E-state index is 11.1. The summed E-state index contributed by atoms with van der Waals surface area (Å²) in [6.07, 6.45) is 0. The van der Waals surface area contributed by atoms with Gasteiger partial charge < -0.3 is 15.3 Å². The minimum atomic E-state index is -1.01. The molecule has 3 aromatic carbocycles. The summed E-state index contributed by atoms with van der Waals surface area (Å²) in [6, 6.07) is 21.8. The number of nitrogens with zero attached hydrogens (tertiary/aromatic N) is 2. The molecule has 6 heteroatoms. The van der Waals surface area contributed by atoms with Gasteiger partial charge in [-0.1, -0.05) is 24.3 Å². The molecular weight excluding hydrogens is 356 g/mol. The molecule has 0 radical (unpaired) electrons. The van der Waals surface area contributed by atoms with Crippen molar-refractivity contribution in [2.45, 2.75) is 0 Å². The van der Waals surface area contributed by atoms with Gasteiger partial charge in [0.05, 0.1) is 22.6 Å². The molecule has 0 aliphatic rings. The lowest BCUT2D eigenvalue weighted by Crippen LogP contribution is -2.01. The first-order valence-electron chi connectivity index (χ1n) is 8.55. The number of aromatic hydroxyl groups is 2. The lowest BCUT2D eigenvalue weighted by atomic mass is 10.1. The second-order valence-corrected chi connectivity index (χ2v) is 6.21. The number of aromatic nitrogens is 2. The summed E-state index contributed by atoms with van der Waals surface area (Å²) in [4.78, 5) is 11.1. The van der Waals surface area contributed by atoms with Crippen LogP contribution in [0.25, 0.3) is 28.2 Å². The van der Waals surface area contributed by atoms with Gasteiger partial charge in [0.1, 0.15) is 11.5 Å². The van der Waals surface area contributed by atoms with Crippen molar-refractivity contribution in [3.63, 3.8) is 0 Å². The van der Waals surface area contributed by atoms with Crippen molar-refractivity contribution in [2.75, 3.05) is 0 Å². The van der Waals surface area contributed by atoms with Crippen molar-refractivity contribution >= 4 is 5.97 Å². The Hall–Kier alpha value is -4.06. The van der Waals surface area contributed by atoms with E-state index in [1.807, 2.05) is 0 Å². The lowest BCUT2D eigenvalue weighted by molar-refractivity contribution is 0.0697. The Bertz CT molecular complexity index is 1160. The second kappa shape index (κ2) is 6.92. The van der Waals surface area contributed by atoms with Crippen LogP contribution in [0.3, 0.4) is 0 Å². The van der Waals surface area contributed by atoms with Crippen LogP contribution < -0.4 is 0 Å². The van der Waals surface area contributed by atoms with Gasteiger partial charge in [-0.25, -0.2) is 9.48 Å². The number of phenols is 2. The summed E-state index contributed by atoms with van der Waals surface area (Å²) in [5.41, 5.74) is 3.06. The third-order valence-electron chi connectivity index (χ3n) is 4.43. The molecule has 6 nitrogen and oxygen atoms in total. The zero-order valence-corrected chi connectivity index (χ0v) is 14.6. The van der Waals surface area contributed by atoms with E-state index in [1.54, 1.807) is 71.4 Å². The number of phenolic OH excluding ortho intramolecular Hbond substituents is 2. The largest absolute Gasteiger partial charge is 0.507 e. The number of rotatable bonds is 4. The van der Waals surface area contributed by atoms with Gasteiger partial charge in [0.15, 0.2) is 0 Å². The van der Waals surface area contributed by atoms with Crippen molar-refractivity contribution in [1.82, 2.24) is 9.78 Å². The molecule has 0 saturated carbocycles. The number of benzene rings is 3. The van der Waals surface area contributed by atoms with E-state index >= 15 is 0 Å². The predicted molar refractivity (Wildman–Crippen MR) is 105 cm³/mol. The average molecular weight is 372 g/mol. The first-order valence-corrected chi connectivity index (χ1v) is 8.55. The van der Waals surface area contributed by atoms with Crippen molar-refractivity contribution in [3.8, 4) is 39.7 Å². The van der Waals surface area contributed by atoms with Crippen LogP contribution >= 0.6 is 0 Å². The molecule has 4 aromatic rings. The Morgan fingerprint density at radius 1 is 0.786 bits per heavy atom. The Balaban J connectivity index is 1.92. The molecule has 3 N–H and O–H groups in total. The Morgan fingerprint density at radius 2 is 1.36 bits per heavy atom. The van der Waals surface area contributed by atoms with Gasteiger partial charge in [0.25, 0.3) is 0 Å². The molecule has 0 unspecified atom stereocenters. The van der Waals surface area contributed by atoms with E-state index in [2.05, 4.69) is 5.10 Å². The fourth-order valence-electron chi connectivity index (χ4n) is 3.03. The van der Waals surface area contributed by atoms with Gasteiger partial charge in [0, 0.05) is 11.1 Å². The first kappa shape index (κ1) is 17.4. The highest BCUT2D eigenvalue weighted by Gasteiger charge is 2.17. The fraction of sp³-hybridized carbons (Fsp3) is 0. The van der Waals surface area contributed by atoms with Crippen molar-refractivity contribution < 1.29 is 20.1 Å². The quantitative estimate of drug-likeness (QED) is 0.496. The number of carboxylic acids is 1. The molecule has 0 aliphatic heterocycles. The molecule has 0 bridgehead atoms. The summed E-state index contributed by atoms with van der Waals surface area (Å²) in [6.45, 7) is 0. The summed E-state index contributed by atoms with van der Waals surface area (Å²) in [5, 5.41) is 34.2. The Kier molecular flexibility index (Phi) is 4.29. The molecule has 4 rings (SSSR count). The van der Waals surface area contributed by atoms with Gasteiger partial charge in [-0.15, -0.1) is 0 Å². The van der Waals surface area contributed by atoms with Crippen LogP contribution in [-0.4, -0.2) is 31.1 Å². The molecule has 1 aromatic heterocycles. The molecular formula is C22H16N2O4. The number of para-hydroxylation sites is 2. The maximum absolute atomic E-state index is 11.1. The summed E-state index contributed by atoms with van der Waals surface area (Å²) >= 11 is 0. The highest BCUT2D eigenvalue weighted by atomic mass is 16.4. The topological polar surface area (TPSA) is 95.6 Å². The molecule has 0 fully saturated rings. The molecule has 1 heterocycles. The zero-order valence-electron chi connectivity index (χ0n) is 14.6. The van der Waals surface area contributed by atoms with Crippen LogP contribution in [0, 0.1) is 0 Å². The molecule has 0 amide bonds. The van der Waals surface area contributed by atoms with E-state index in [0.717, 1.165) is 0 Å². The average Bonchev–Trinajstić information content (AvgIpc) is 3.13. The van der Waals surface area contributed by atoms with E-state index < -0.39 is 5.97 Å². The Morgan fingerprint density at radius 3 is 1.93 bits per heavy atom. The predicted octanol–water partition coefficient (Wildman–Crippen LogP) is 4.32. The number of carboxylic acid groups (broad SMARTS) is 1. The monoisotopic (exact) mass is 372 g/mol. The van der Waals surface area contributed by atoms with E-state index in [4.69, 9.17) is 5.11 Å². The van der Waals surface area contributed by atoms with E-state index in [0.29, 0.717) is 28.2 Å². The van der Waals surface area contributed by atoms with Crippen LogP contribution in [0.15, 0.2) is 78.9 Å². The first-order chi connectivity index (χ1) is 13.5. The fourth-order valence-corrected chi connectivity index (χ4v) is 3.03. The third kappa shape index (κ3) is 3.07. The number of carbonyl (C=O) groups is 1. The number of hydrogen-bond donors (Lipinski definition) is 3. The molecule has 138 valence electrons. The minimum absolute atomic E-state index is 0.0923. The summed E-state index contributed by atoms with van der Waals surface area (Å²) in [7, 11) is 0. The lowest BCUT2D eigenvalue weighted by Gasteiger charge is -2.09. The van der Waals surface area contributed by atoms with Crippen molar-refractivity contribution in [1.29, 1.82) is 0 Å². The van der Waals surface area contributed by atoms with Crippen LogP contribution in [0.4, 0.5) is 0 Å². The van der Waals surface area contributed by atoms with Gasteiger partial charge in [-0.3, -0.25) is 0 Å². The summed E-state index contributed by atoms with van der Waals surface area (Å²) in [5.74, 6) is -0.824. The van der Waals surface area contributed by atoms with E-state index in [9.17, 15) is 15.0 Å². The highest BCUT2D eigenvalue weighted by Crippen LogP contribution is 2.35. The van der Waals surface area contributed by atoms with Gasteiger partial charge >= 0.3 is 5.97 Å². The third-order valence-corrected chi connectivity index (χ3v) is 4.43. The van der Waals surface area contributed by atoms with Crippen molar-refractivity contribution in [3.05, 3.63) is 84.4 Å². The molecule has 0 saturated heterocycles. The maximum Gasteiger partial charge on any atom is 0.335 e. The number of hydrogen-bond acceptors (Lipinski definition) is 4.